The van der Waals surface area contributed by atoms with Gasteiger partial charge in [0.15, 0.2) is 5.82 Å². The lowest BCUT2D eigenvalue weighted by atomic mass is 10.3. The first kappa shape index (κ1) is 13.3. The minimum Gasteiger partial charge on any atom is -0.357 e. The number of rotatable bonds is 5. The number of hydrogen-bond donors (Lipinski definition) is 1. The first-order valence-corrected chi connectivity index (χ1v) is 6.28. The molecule has 7 heteroatoms. The monoisotopic (exact) mass is 261 g/mol. The number of nitrogens with one attached hydrogen (secondary N) is 1. The number of nitrogens with zero attached hydrogens (tertiary/aromatic N) is 6. The van der Waals surface area contributed by atoms with Crippen LogP contribution in [0.15, 0.2) is 12.4 Å². The van der Waals surface area contributed by atoms with E-state index in [1.165, 1.54) is 0 Å². The largest absolute Gasteiger partial charge is 0.357 e. The molecule has 2 aromatic heterocycles. The molecule has 0 radical (unpaired) electrons. The summed E-state index contributed by atoms with van der Waals surface area (Å²) in [6, 6.07) is 0. The molecule has 0 atom stereocenters. The van der Waals surface area contributed by atoms with Crippen LogP contribution < -0.4 is 10.2 Å². The minimum absolute atomic E-state index is 0.553. The molecule has 0 spiro atoms. The van der Waals surface area contributed by atoms with E-state index in [0.717, 1.165) is 18.5 Å². The fraction of sp³-hybridized carbons (Fsp3) is 0.500. The van der Waals surface area contributed by atoms with Gasteiger partial charge in [-0.05, 0) is 6.42 Å². The third-order valence-electron chi connectivity index (χ3n) is 2.59. The fourth-order valence-electron chi connectivity index (χ4n) is 1.64. The van der Waals surface area contributed by atoms with Crippen LogP contribution >= 0.6 is 0 Å². The molecule has 0 unspecified atom stereocenters. The second kappa shape index (κ2) is 5.64. The van der Waals surface area contributed by atoms with Crippen molar-refractivity contribution in [1.29, 1.82) is 0 Å². The van der Waals surface area contributed by atoms with Crippen molar-refractivity contribution in [2.75, 3.05) is 31.4 Å². The first-order chi connectivity index (χ1) is 9.13. The van der Waals surface area contributed by atoms with E-state index in [2.05, 4.69) is 32.3 Å². The van der Waals surface area contributed by atoms with E-state index in [1.54, 1.807) is 13.2 Å². The molecule has 0 saturated carbocycles. The normalized spacial score (nSPS) is 10.5. The van der Waals surface area contributed by atoms with Crippen molar-refractivity contribution < 1.29 is 0 Å². The molecule has 0 fully saturated rings. The Morgan fingerprint density at radius 1 is 1.26 bits per heavy atom. The third-order valence-corrected chi connectivity index (χ3v) is 2.59. The SMILES string of the molecule is CCCn1cc(-c2nc(NC)nc(N(C)C)n2)cn1. The van der Waals surface area contributed by atoms with Crippen LogP contribution in [0, 0.1) is 0 Å². The highest BCUT2D eigenvalue weighted by Gasteiger charge is 2.10. The molecule has 2 rings (SSSR count). The summed E-state index contributed by atoms with van der Waals surface area (Å²) < 4.78 is 1.90. The molecule has 1 N–H and O–H groups in total. The summed E-state index contributed by atoms with van der Waals surface area (Å²) >= 11 is 0. The molecule has 2 aromatic rings. The predicted octanol–water partition coefficient (Wildman–Crippen LogP) is 1.25. The average molecular weight is 261 g/mol. The lowest BCUT2D eigenvalue weighted by Crippen LogP contribution is -2.15. The maximum absolute atomic E-state index is 4.43. The van der Waals surface area contributed by atoms with E-state index in [-0.39, 0.29) is 0 Å². The maximum Gasteiger partial charge on any atom is 0.230 e. The van der Waals surface area contributed by atoms with Gasteiger partial charge >= 0.3 is 0 Å². The van der Waals surface area contributed by atoms with Crippen molar-refractivity contribution in [2.45, 2.75) is 19.9 Å². The van der Waals surface area contributed by atoms with E-state index < -0.39 is 0 Å². The minimum atomic E-state index is 0.553. The number of aromatic nitrogens is 5. The zero-order valence-corrected chi connectivity index (χ0v) is 11.8. The summed E-state index contributed by atoms with van der Waals surface area (Å²) in [5, 5.41) is 7.24. The zero-order valence-electron chi connectivity index (χ0n) is 11.8. The molecule has 0 saturated heterocycles. The van der Waals surface area contributed by atoms with Crippen molar-refractivity contribution >= 4 is 11.9 Å². The van der Waals surface area contributed by atoms with E-state index in [1.807, 2.05) is 29.9 Å². The highest BCUT2D eigenvalue weighted by Crippen LogP contribution is 2.18. The van der Waals surface area contributed by atoms with E-state index >= 15 is 0 Å². The number of aryl methyl sites for hydroxylation is 1. The van der Waals surface area contributed by atoms with Crippen LogP contribution in [0.25, 0.3) is 11.4 Å². The lowest BCUT2D eigenvalue weighted by molar-refractivity contribution is 0.603. The Kier molecular flexibility index (Phi) is 3.94. The summed E-state index contributed by atoms with van der Waals surface area (Å²) in [6.45, 7) is 3.01. The summed E-state index contributed by atoms with van der Waals surface area (Å²) in [6.07, 6.45) is 4.78. The summed E-state index contributed by atoms with van der Waals surface area (Å²) in [5.41, 5.74) is 0.899. The molecule has 19 heavy (non-hydrogen) atoms. The van der Waals surface area contributed by atoms with Crippen LogP contribution in [0.1, 0.15) is 13.3 Å². The van der Waals surface area contributed by atoms with Crippen LogP contribution in [0.2, 0.25) is 0 Å². The Morgan fingerprint density at radius 2 is 2.05 bits per heavy atom. The van der Waals surface area contributed by atoms with Gasteiger partial charge in [-0.1, -0.05) is 6.92 Å². The second-order valence-electron chi connectivity index (χ2n) is 4.42. The molecule has 0 aromatic carbocycles. The molecular formula is C12H19N7. The van der Waals surface area contributed by atoms with Crippen molar-refractivity contribution in [2.24, 2.45) is 0 Å². The van der Waals surface area contributed by atoms with Gasteiger partial charge in [0.05, 0.1) is 11.8 Å². The Labute approximate surface area is 112 Å². The molecule has 102 valence electrons. The fourth-order valence-corrected chi connectivity index (χ4v) is 1.64. The van der Waals surface area contributed by atoms with E-state index in [0.29, 0.717) is 17.7 Å². The highest BCUT2D eigenvalue weighted by molar-refractivity contribution is 5.56. The van der Waals surface area contributed by atoms with Gasteiger partial charge in [-0.15, -0.1) is 0 Å². The van der Waals surface area contributed by atoms with Crippen molar-refractivity contribution in [3.63, 3.8) is 0 Å². The van der Waals surface area contributed by atoms with Gasteiger partial charge in [0, 0.05) is 33.9 Å². The lowest BCUT2D eigenvalue weighted by Gasteiger charge is -2.11. The molecule has 0 aliphatic rings. The summed E-state index contributed by atoms with van der Waals surface area (Å²) in [4.78, 5) is 14.9. The van der Waals surface area contributed by atoms with Gasteiger partial charge in [-0.3, -0.25) is 4.68 Å². The van der Waals surface area contributed by atoms with Crippen LogP contribution in [-0.4, -0.2) is 45.9 Å². The average Bonchev–Trinajstić information content (AvgIpc) is 2.87. The van der Waals surface area contributed by atoms with Crippen LogP contribution in [0.3, 0.4) is 0 Å². The first-order valence-electron chi connectivity index (χ1n) is 6.28. The Morgan fingerprint density at radius 3 is 2.68 bits per heavy atom. The third kappa shape index (κ3) is 2.98. The zero-order chi connectivity index (χ0) is 13.8. The molecule has 7 nitrogen and oxygen atoms in total. The summed E-state index contributed by atoms with van der Waals surface area (Å²) in [5.74, 6) is 1.81. The van der Waals surface area contributed by atoms with Crippen LogP contribution in [0.4, 0.5) is 11.9 Å². The number of hydrogen-bond acceptors (Lipinski definition) is 6. The molecule has 0 aliphatic heterocycles. The molecule has 0 aliphatic carbocycles. The Bertz CT molecular complexity index is 547. The quantitative estimate of drug-likeness (QED) is 0.873. The van der Waals surface area contributed by atoms with Crippen molar-refractivity contribution in [3.8, 4) is 11.4 Å². The molecular weight excluding hydrogens is 242 g/mol. The van der Waals surface area contributed by atoms with E-state index in [9.17, 15) is 0 Å². The van der Waals surface area contributed by atoms with Gasteiger partial charge in [0.2, 0.25) is 11.9 Å². The maximum atomic E-state index is 4.43. The van der Waals surface area contributed by atoms with Gasteiger partial charge in [0.25, 0.3) is 0 Å². The second-order valence-corrected chi connectivity index (χ2v) is 4.42. The predicted molar refractivity (Wildman–Crippen MR) is 75.2 cm³/mol. The van der Waals surface area contributed by atoms with Crippen molar-refractivity contribution in [3.05, 3.63) is 12.4 Å². The van der Waals surface area contributed by atoms with Crippen LogP contribution in [0.5, 0.6) is 0 Å². The molecule has 0 amide bonds. The topological polar surface area (TPSA) is 71.8 Å². The van der Waals surface area contributed by atoms with Gasteiger partial charge in [0.1, 0.15) is 0 Å². The smallest absolute Gasteiger partial charge is 0.230 e. The Hall–Kier alpha value is -2.18. The van der Waals surface area contributed by atoms with Crippen LogP contribution in [-0.2, 0) is 6.54 Å². The number of anilines is 2. The van der Waals surface area contributed by atoms with Gasteiger partial charge in [-0.25, -0.2) is 0 Å². The molecule has 2 heterocycles. The van der Waals surface area contributed by atoms with E-state index in [4.69, 9.17) is 0 Å². The molecule has 0 bridgehead atoms. The van der Waals surface area contributed by atoms with Crippen molar-refractivity contribution in [1.82, 2.24) is 24.7 Å². The van der Waals surface area contributed by atoms with Gasteiger partial charge in [-0.2, -0.15) is 20.1 Å². The summed E-state index contributed by atoms with van der Waals surface area (Å²) in [7, 11) is 5.59. The standard InChI is InChI=1S/C12H19N7/c1-5-6-19-8-9(7-14-19)10-15-11(13-2)17-12(16-10)18(3)4/h7-8H,5-6H2,1-4H3,(H,13,15,16,17). The Balaban J connectivity index is 2.39. The van der Waals surface area contributed by atoms with Gasteiger partial charge < -0.3 is 10.2 Å². The highest BCUT2D eigenvalue weighted by atomic mass is 15.3.